The molecule has 1 spiro atoms. The van der Waals surface area contributed by atoms with Crippen LogP contribution in [0.5, 0.6) is 0 Å². The average molecular weight is 268 g/mol. The summed E-state index contributed by atoms with van der Waals surface area (Å²) in [4.78, 5) is 4.23. The maximum Gasteiger partial charge on any atom is 0.226 e. The monoisotopic (exact) mass is 268 g/mol. The number of rotatable bonds is 4. The van der Waals surface area contributed by atoms with Gasteiger partial charge in [0.2, 0.25) is 5.89 Å². The summed E-state index contributed by atoms with van der Waals surface area (Å²) in [7, 11) is 0. The quantitative estimate of drug-likeness (QED) is 0.830. The van der Waals surface area contributed by atoms with Crippen molar-refractivity contribution in [3.8, 4) is 0 Å². The van der Waals surface area contributed by atoms with Crippen LogP contribution in [0.2, 0.25) is 0 Å². The number of nitrogens with zero attached hydrogens (tertiary/aromatic N) is 2. The molecule has 1 aromatic rings. The van der Waals surface area contributed by atoms with Gasteiger partial charge in [-0.05, 0) is 12.8 Å². The predicted octanol–water partition coefficient (Wildman–Crippen LogP) is 1.83. The molecule has 0 amide bonds. The largest absolute Gasteiger partial charge is 0.370 e. The molecule has 2 aliphatic rings. The Bertz CT molecular complexity index is 405. The van der Waals surface area contributed by atoms with E-state index >= 15 is 0 Å². The first-order valence-electron chi connectivity index (χ1n) is 7.01. The summed E-state index contributed by atoms with van der Waals surface area (Å²) in [6, 6.07) is 0. The van der Waals surface area contributed by atoms with Gasteiger partial charge in [-0.15, -0.1) is 0 Å². The van der Waals surface area contributed by atoms with Crippen LogP contribution in [0.1, 0.15) is 44.3 Å². The minimum absolute atomic E-state index is 0.238. The Labute approximate surface area is 112 Å². The van der Waals surface area contributed by atoms with Crippen LogP contribution in [0.15, 0.2) is 4.52 Å². The van der Waals surface area contributed by atoms with Crippen LogP contribution in [0, 0.1) is 0 Å². The van der Waals surface area contributed by atoms with E-state index in [4.69, 9.17) is 18.7 Å². The molecule has 0 atom stereocenters. The minimum atomic E-state index is -0.318. The summed E-state index contributed by atoms with van der Waals surface area (Å²) in [6.07, 6.45) is 4.72. The van der Waals surface area contributed by atoms with E-state index in [0.29, 0.717) is 31.5 Å². The number of aryl methyl sites for hydroxylation is 1. The van der Waals surface area contributed by atoms with E-state index in [9.17, 15) is 0 Å². The predicted molar refractivity (Wildman–Crippen MR) is 65.4 cm³/mol. The molecule has 0 aromatic carbocycles. The summed E-state index contributed by atoms with van der Waals surface area (Å²) >= 11 is 0. The fraction of sp³-hybridized carbons (Fsp3) is 0.846. The molecule has 6 nitrogen and oxygen atoms in total. The SMILES string of the molecule is CCc1nc(COC2CCC3(CC2)OCCO3)no1. The molecule has 0 N–H and O–H groups in total. The van der Waals surface area contributed by atoms with Gasteiger partial charge in [0.25, 0.3) is 0 Å². The molecule has 1 saturated carbocycles. The van der Waals surface area contributed by atoms with Crippen molar-refractivity contribution in [3.63, 3.8) is 0 Å². The van der Waals surface area contributed by atoms with E-state index in [0.717, 1.165) is 32.1 Å². The number of hydrogen-bond acceptors (Lipinski definition) is 6. The molecule has 1 aromatic heterocycles. The smallest absolute Gasteiger partial charge is 0.226 e. The first-order chi connectivity index (χ1) is 9.30. The van der Waals surface area contributed by atoms with Crippen LogP contribution in [-0.4, -0.2) is 35.2 Å². The van der Waals surface area contributed by atoms with Crippen molar-refractivity contribution in [2.75, 3.05) is 13.2 Å². The van der Waals surface area contributed by atoms with E-state index in [1.54, 1.807) is 0 Å². The molecule has 1 aliphatic heterocycles. The van der Waals surface area contributed by atoms with Gasteiger partial charge < -0.3 is 18.7 Å². The molecule has 2 heterocycles. The van der Waals surface area contributed by atoms with Crippen molar-refractivity contribution < 1.29 is 18.7 Å². The minimum Gasteiger partial charge on any atom is -0.370 e. The van der Waals surface area contributed by atoms with Gasteiger partial charge in [0.05, 0.1) is 19.3 Å². The van der Waals surface area contributed by atoms with Gasteiger partial charge in [-0.2, -0.15) is 4.98 Å². The first-order valence-corrected chi connectivity index (χ1v) is 7.01. The summed E-state index contributed by atoms with van der Waals surface area (Å²) in [5.41, 5.74) is 0. The molecule has 106 valence electrons. The Kier molecular flexibility index (Phi) is 3.81. The lowest BCUT2D eigenvalue weighted by atomic mass is 9.92. The fourth-order valence-electron chi connectivity index (χ4n) is 2.67. The summed E-state index contributed by atoms with van der Waals surface area (Å²) in [6.45, 7) is 3.84. The highest BCUT2D eigenvalue weighted by Crippen LogP contribution is 2.36. The number of hydrogen-bond donors (Lipinski definition) is 0. The Morgan fingerprint density at radius 1 is 1.26 bits per heavy atom. The van der Waals surface area contributed by atoms with E-state index in [1.165, 1.54) is 0 Å². The third-order valence-corrected chi connectivity index (χ3v) is 3.77. The zero-order valence-electron chi connectivity index (χ0n) is 11.3. The topological polar surface area (TPSA) is 66.6 Å². The zero-order chi connectivity index (χ0) is 13.1. The maximum atomic E-state index is 5.83. The van der Waals surface area contributed by atoms with Gasteiger partial charge in [-0.25, -0.2) is 0 Å². The van der Waals surface area contributed by atoms with Crippen molar-refractivity contribution in [1.29, 1.82) is 0 Å². The summed E-state index contributed by atoms with van der Waals surface area (Å²) in [5.74, 6) is 0.973. The van der Waals surface area contributed by atoms with E-state index in [1.807, 2.05) is 6.92 Å². The lowest BCUT2D eigenvalue weighted by Gasteiger charge is -2.35. The standard InChI is InChI=1S/C13H20N2O4/c1-2-12-14-11(15-19-12)9-16-10-3-5-13(6-4-10)17-7-8-18-13/h10H,2-9H2,1H3. The second-order valence-electron chi connectivity index (χ2n) is 5.08. The molecular formula is C13H20N2O4. The zero-order valence-corrected chi connectivity index (χ0v) is 11.3. The van der Waals surface area contributed by atoms with Crippen LogP contribution in [-0.2, 0) is 27.2 Å². The normalized spacial score (nSPS) is 23.2. The Hall–Kier alpha value is -0.980. The van der Waals surface area contributed by atoms with Crippen molar-refractivity contribution in [3.05, 3.63) is 11.7 Å². The second kappa shape index (κ2) is 5.56. The highest BCUT2D eigenvalue weighted by molar-refractivity contribution is 4.86. The van der Waals surface area contributed by atoms with Gasteiger partial charge in [0, 0.05) is 19.3 Å². The molecular weight excluding hydrogens is 248 g/mol. The van der Waals surface area contributed by atoms with Gasteiger partial charge in [0.1, 0.15) is 6.61 Å². The van der Waals surface area contributed by atoms with Crippen LogP contribution >= 0.6 is 0 Å². The molecule has 1 aliphatic carbocycles. The van der Waals surface area contributed by atoms with Gasteiger partial charge >= 0.3 is 0 Å². The molecule has 0 bridgehead atoms. The third-order valence-electron chi connectivity index (χ3n) is 3.77. The van der Waals surface area contributed by atoms with Crippen molar-refractivity contribution in [2.45, 2.75) is 57.5 Å². The highest BCUT2D eigenvalue weighted by atomic mass is 16.7. The summed E-state index contributed by atoms with van der Waals surface area (Å²) in [5, 5.41) is 3.88. The van der Waals surface area contributed by atoms with Crippen LogP contribution < -0.4 is 0 Å². The summed E-state index contributed by atoms with van der Waals surface area (Å²) < 4.78 is 22.3. The van der Waals surface area contributed by atoms with Gasteiger partial charge in [-0.1, -0.05) is 12.1 Å². The maximum absolute atomic E-state index is 5.83. The van der Waals surface area contributed by atoms with Gasteiger partial charge in [0.15, 0.2) is 11.6 Å². The third kappa shape index (κ3) is 2.96. The fourth-order valence-corrected chi connectivity index (χ4v) is 2.67. The molecule has 6 heteroatoms. The molecule has 2 fully saturated rings. The van der Waals surface area contributed by atoms with Crippen LogP contribution in [0.3, 0.4) is 0 Å². The molecule has 0 radical (unpaired) electrons. The Balaban J connectivity index is 1.44. The average Bonchev–Trinajstić information content (AvgIpc) is 3.08. The van der Waals surface area contributed by atoms with Crippen molar-refractivity contribution in [2.24, 2.45) is 0 Å². The van der Waals surface area contributed by atoms with Crippen molar-refractivity contribution >= 4 is 0 Å². The van der Waals surface area contributed by atoms with E-state index < -0.39 is 0 Å². The molecule has 3 rings (SSSR count). The Morgan fingerprint density at radius 2 is 2.00 bits per heavy atom. The van der Waals surface area contributed by atoms with Crippen LogP contribution in [0.4, 0.5) is 0 Å². The second-order valence-corrected chi connectivity index (χ2v) is 5.08. The Morgan fingerprint density at radius 3 is 2.63 bits per heavy atom. The first kappa shape index (κ1) is 13.0. The number of ether oxygens (including phenoxy) is 3. The van der Waals surface area contributed by atoms with Crippen molar-refractivity contribution in [1.82, 2.24) is 10.1 Å². The number of aromatic nitrogens is 2. The lowest BCUT2D eigenvalue weighted by Crippen LogP contribution is -2.37. The molecule has 0 unspecified atom stereocenters. The highest BCUT2D eigenvalue weighted by Gasteiger charge is 2.40. The van der Waals surface area contributed by atoms with Gasteiger partial charge in [-0.3, -0.25) is 0 Å². The molecule has 19 heavy (non-hydrogen) atoms. The van der Waals surface area contributed by atoms with Crippen LogP contribution in [0.25, 0.3) is 0 Å². The molecule has 1 saturated heterocycles. The van der Waals surface area contributed by atoms with E-state index in [2.05, 4.69) is 10.1 Å². The lowest BCUT2D eigenvalue weighted by molar-refractivity contribution is -0.192. The van der Waals surface area contributed by atoms with E-state index in [-0.39, 0.29) is 11.9 Å².